The van der Waals surface area contributed by atoms with Gasteiger partial charge < -0.3 is 14.8 Å². The number of nitrogens with one attached hydrogen (secondary N) is 1. The van der Waals surface area contributed by atoms with Gasteiger partial charge in [0.25, 0.3) is 0 Å². The summed E-state index contributed by atoms with van der Waals surface area (Å²) in [7, 11) is 1.65. The standard InChI is InChI=1S/C14H17BrN2O2S/c1-3-19-14-11(15)6-10(7-12(14)18-2)8-16-9-13-17-4-5-20-13/h4-7,16H,3,8-9H2,1-2H3. The fourth-order valence-corrected chi connectivity index (χ4v) is 3.00. The summed E-state index contributed by atoms with van der Waals surface area (Å²) in [6.07, 6.45) is 1.82. The molecule has 0 amide bonds. The molecule has 2 rings (SSSR count). The summed E-state index contributed by atoms with van der Waals surface area (Å²) in [5.41, 5.74) is 1.13. The van der Waals surface area contributed by atoms with Gasteiger partial charge in [0.1, 0.15) is 5.01 Å². The number of methoxy groups -OCH3 is 1. The molecule has 1 heterocycles. The molecule has 0 saturated carbocycles. The number of nitrogens with zero attached hydrogens (tertiary/aromatic N) is 1. The summed E-state index contributed by atoms with van der Waals surface area (Å²) < 4.78 is 11.9. The third kappa shape index (κ3) is 3.94. The molecule has 0 atom stereocenters. The first-order valence-electron chi connectivity index (χ1n) is 6.33. The van der Waals surface area contributed by atoms with Gasteiger partial charge >= 0.3 is 0 Å². The smallest absolute Gasteiger partial charge is 0.175 e. The number of aromatic nitrogens is 1. The fourth-order valence-electron chi connectivity index (χ4n) is 1.81. The minimum Gasteiger partial charge on any atom is -0.493 e. The summed E-state index contributed by atoms with van der Waals surface area (Å²) in [6.45, 7) is 4.08. The van der Waals surface area contributed by atoms with Crippen LogP contribution in [0.1, 0.15) is 17.5 Å². The lowest BCUT2D eigenvalue weighted by Crippen LogP contribution is -2.12. The Morgan fingerprint density at radius 1 is 1.35 bits per heavy atom. The van der Waals surface area contributed by atoms with Crippen LogP contribution in [0.4, 0.5) is 0 Å². The Morgan fingerprint density at radius 2 is 2.20 bits per heavy atom. The average molecular weight is 357 g/mol. The van der Waals surface area contributed by atoms with E-state index in [1.54, 1.807) is 18.4 Å². The quantitative estimate of drug-likeness (QED) is 0.822. The monoisotopic (exact) mass is 356 g/mol. The van der Waals surface area contributed by atoms with E-state index < -0.39 is 0 Å². The molecule has 0 bridgehead atoms. The Hall–Kier alpha value is -1.11. The van der Waals surface area contributed by atoms with E-state index in [-0.39, 0.29) is 0 Å². The molecule has 6 heteroatoms. The predicted octanol–water partition coefficient (Wildman–Crippen LogP) is 3.60. The van der Waals surface area contributed by atoms with E-state index in [0.29, 0.717) is 6.61 Å². The van der Waals surface area contributed by atoms with Crippen molar-refractivity contribution in [3.8, 4) is 11.5 Å². The molecule has 20 heavy (non-hydrogen) atoms. The highest BCUT2D eigenvalue weighted by Gasteiger charge is 2.11. The van der Waals surface area contributed by atoms with Crippen molar-refractivity contribution in [1.82, 2.24) is 10.3 Å². The van der Waals surface area contributed by atoms with Crippen LogP contribution in [0.2, 0.25) is 0 Å². The number of hydrogen-bond acceptors (Lipinski definition) is 5. The highest BCUT2D eigenvalue weighted by Crippen LogP contribution is 2.36. The number of rotatable bonds is 7. The van der Waals surface area contributed by atoms with Crippen molar-refractivity contribution in [2.45, 2.75) is 20.0 Å². The van der Waals surface area contributed by atoms with E-state index in [1.807, 2.05) is 30.6 Å². The van der Waals surface area contributed by atoms with Crippen LogP contribution in [0.25, 0.3) is 0 Å². The number of ether oxygens (including phenoxy) is 2. The summed E-state index contributed by atoms with van der Waals surface area (Å²) in [5, 5.41) is 6.43. The lowest BCUT2D eigenvalue weighted by Gasteiger charge is -2.13. The van der Waals surface area contributed by atoms with Gasteiger partial charge in [0.2, 0.25) is 0 Å². The normalized spacial score (nSPS) is 10.6. The summed E-state index contributed by atoms with van der Waals surface area (Å²) in [4.78, 5) is 4.24. The van der Waals surface area contributed by atoms with Gasteiger partial charge in [-0.05, 0) is 40.5 Å². The van der Waals surface area contributed by atoms with Gasteiger partial charge in [-0.25, -0.2) is 4.98 Å². The van der Waals surface area contributed by atoms with Crippen LogP contribution < -0.4 is 14.8 Å². The number of hydrogen-bond donors (Lipinski definition) is 1. The third-order valence-corrected chi connectivity index (χ3v) is 4.04. The van der Waals surface area contributed by atoms with Gasteiger partial charge in [-0.15, -0.1) is 11.3 Å². The topological polar surface area (TPSA) is 43.4 Å². The molecule has 0 unspecified atom stereocenters. The molecule has 0 fully saturated rings. The van der Waals surface area contributed by atoms with Gasteiger partial charge in [0.15, 0.2) is 11.5 Å². The predicted molar refractivity (Wildman–Crippen MR) is 84.5 cm³/mol. The molecule has 1 aromatic carbocycles. The van der Waals surface area contributed by atoms with Crippen LogP contribution in [0.3, 0.4) is 0 Å². The van der Waals surface area contributed by atoms with Gasteiger partial charge in [-0.2, -0.15) is 0 Å². The first kappa shape index (κ1) is 15.3. The zero-order valence-electron chi connectivity index (χ0n) is 11.5. The second-order valence-electron chi connectivity index (χ2n) is 4.07. The van der Waals surface area contributed by atoms with Crippen LogP contribution in [-0.4, -0.2) is 18.7 Å². The zero-order valence-corrected chi connectivity index (χ0v) is 13.9. The third-order valence-electron chi connectivity index (χ3n) is 2.67. The Kier molecular flexibility index (Phi) is 5.82. The molecule has 0 radical (unpaired) electrons. The zero-order chi connectivity index (χ0) is 14.4. The average Bonchev–Trinajstić information content (AvgIpc) is 2.94. The van der Waals surface area contributed by atoms with Crippen molar-refractivity contribution >= 4 is 27.3 Å². The molecule has 1 aromatic heterocycles. The van der Waals surface area contributed by atoms with E-state index in [4.69, 9.17) is 9.47 Å². The summed E-state index contributed by atoms with van der Waals surface area (Å²) in [5.74, 6) is 1.49. The SMILES string of the molecule is CCOc1c(Br)cc(CNCc2nccs2)cc1OC. The number of halogens is 1. The van der Waals surface area contributed by atoms with E-state index in [0.717, 1.165) is 39.6 Å². The molecule has 0 aliphatic heterocycles. The van der Waals surface area contributed by atoms with Crippen molar-refractivity contribution in [3.05, 3.63) is 38.8 Å². The maximum absolute atomic E-state index is 5.58. The Labute approximate surface area is 131 Å². The van der Waals surface area contributed by atoms with Crippen molar-refractivity contribution in [1.29, 1.82) is 0 Å². The summed E-state index contributed by atoms with van der Waals surface area (Å²) in [6, 6.07) is 4.03. The Balaban J connectivity index is 2.02. The van der Waals surface area contributed by atoms with E-state index >= 15 is 0 Å². The maximum Gasteiger partial charge on any atom is 0.175 e. The maximum atomic E-state index is 5.58. The molecular formula is C14H17BrN2O2S. The lowest BCUT2D eigenvalue weighted by molar-refractivity contribution is 0.308. The molecule has 0 aliphatic rings. The second-order valence-corrected chi connectivity index (χ2v) is 5.90. The van der Waals surface area contributed by atoms with Gasteiger partial charge in [-0.1, -0.05) is 0 Å². The van der Waals surface area contributed by atoms with Gasteiger partial charge in [-0.3, -0.25) is 0 Å². The van der Waals surface area contributed by atoms with E-state index in [2.05, 4.69) is 26.2 Å². The van der Waals surface area contributed by atoms with Crippen molar-refractivity contribution in [2.75, 3.05) is 13.7 Å². The second kappa shape index (κ2) is 7.61. The Bertz CT molecular complexity index is 546. The molecule has 108 valence electrons. The van der Waals surface area contributed by atoms with Crippen LogP contribution in [-0.2, 0) is 13.1 Å². The minimum atomic E-state index is 0.608. The van der Waals surface area contributed by atoms with Gasteiger partial charge in [0.05, 0.1) is 18.2 Å². The van der Waals surface area contributed by atoms with Gasteiger partial charge in [0, 0.05) is 24.7 Å². The van der Waals surface area contributed by atoms with Crippen LogP contribution >= 0.6 is 27.3 Å². The molecule has 4 nitrogen and oxygen atoms in total. The number of benzene rings is 1. The highest BCUT2D eigenvalue weighted by molar-refractivity contribution is 9.10. The van der Waals surface area contributed by atoms with Crippen molar-refractivity contribution in [2.24, 2.45) is 0 Å². The highest BCUT2D eigenvalue weighted by atomic mass is 79.9. The fraction of sp³-hybridized carbons (Fsp3) is 0.357. The van der Waals surface area contributed by atoms with Crippen LogP contribution in [0, 0.1) is 0 Å². The van der Waals surface area contributed by atoms with Crippen LogP contribution in [0.15, 0.2) is 28.2 Å². The number of thiazole rings is 1. The first-order chi connectivity index (χ1) is 9.74. The molecular weight excluding hydrogens is 340 g/mol. The summed E-state index contributed by atoms with van der Waals surface area (Å²) >= 11 is 5.18. The van der Waals surface area contributed by atoms with Crippen molar-refractivity contribution < 1.29 is 9.47 Å². The van der Waals surface area contributed by atoms with E-state index in [1.165, 1.54) is 0 Å². The van der Waals surface area contributed by atoms with E-state index in [9.17, 15) is 0 Å². The largest absolute Gasteiger partial charge is 0.493 e. The Morgan fingerprint density at radius 3 is 2.85 bits per heavy atom. The first-order valence-corrected chi connectivity index (χ1v) is 8.00. The minimum absolute atomic E-state index is 0.608. The molecule has 0 spiro atoms. The van der Waals surface area contributed by atoms with Crippen LogP contribution in [0.5, 0.6) is 11.5 Å². The molecule has 0 aliphatic carbocycles. The lowest BCUT2D eigenvalue weighted by atomic mass is 10.2. The molecule has 0 saturated heterocycles. The van der Waals surface area contributed by atoms with Crippen molar-refractivity contribution in [3.63, 3.8) is 0 Å². The molecule has 2 aromatic rings. The molecule has 1 N–H and O–H groups in total.